The van der Waals surface area contributed by atoms with Gasteiger partial charge in [-0.05, 0) is 75.2 Å². The third kappa shape index (κ3) is 8.28. The van der Waals surface area contributed by atoms with Gasteiger partial charge in [0.05, 0.1) is 31.4 Å². The molecule has 0 radical (unpaired) electrons. The molecule has 0 bridgehead atoms. The van der Waals surface area contributed by atoms with E-state index in [1.807, 2.05) is 0 Å². The maximum absolute atomic E-state index is 15.4. The summed E-state index contributed by atoms with van der Waals surface area (Å²) in [4.78, 5) is 30.4. The van der Waals surface area contributed by atoms with Gasteiger partial charge in [-0.15, -0.1) is 0 Å². The van der Waals surface area contributed by atoms with E-state index in [0.717, 1.165) is 6.07 Å². The van der Waals surface area contributed by atoms with Gasteiger partial charge in [0.15, 0.2) is 23.1 Å². The zero-order chi connectivity index (χ0) is 36.0. The molecule has 0 saturated heterocycles. The van der Waals surface area contributed by atoms with Crippen LogP contribution >= 0.6 is 0 Å². The van der Waals surface area contributed by atoms with Crippen LogP contribution in [-0.4, -0.2) is 70.2 Å². The van der Waals surface area contributed by atoms with E-state index in [2.05, 4.69) is 15.6 Å². The number of anilines is 2. The van der Waals surface area contributed by atoms with Gasteiger partial charge in [-0.3, -0.25) is 14.6 Å². The Morgan fingerprint density at radius 2 is 1.58 bits per heavy atom. The molecule has 50 heavy (non-hydrogen) atoms. The number of ether oxygens (including phenoxy) is 3. The van der Waals surface area contributed by atoms with E-state index >= 15 is 4.39 Å². The summed E-state index contributed by atoms with van der Waals surface area (Å²) in [7, 11) is 0. The zero-order valence-electron chi connectivity index (χ0n) is 27.6. The van der Waals surface area contributed by atoms with Crippen LogP contribution in [0.2, 0.25) is 0 Å². The summed E-state index contributed by atoms with van der Waals surface area (Å²) in [5.41, 5.74) is 5.55. The molecular weight excluding hydrogens is 654 g/mol. The van der Waals surface area contributed by atoms with Gasteiger partial charge in [0.2, 0.25) is 11.8 Å². The SMILES string of the molecule is CCOc1cc2c(Oc3ccc(NC(=O)C4(C(=O)Nc5ccc(F)cc5)CC4)cc3F)ccnc2cc1OC(CC(C)N)C(O)C(CO)CO. The molecule has 12 nitrogen and oxygen atoms in total. The number of fused-ring (bicyclic) bond motifs is 1. The largest absolute Gasteiger partial charge is 0.490 e. The number of carbonyl (C=O) groups excluding carboxylic acids is 2. The molecule has 0 aliphatic heterocycles. The number of pyridine rings is 1. The minimum atomic E-state index is -1.32. The van der Waals surface area contributed by atoms with Crippen LogP contribution in [0.25, 0.3) is 10.9 Å². The van der Waals surface area contributed by atoms with E-state index in [9.17, 15) is 29.3 Å². The van der Waals surface area contributed by atoms with E-state index < -0.39 is 60.2 Å². The van der Waals surface area contributed by atoms with E-state index in [-0.39, 0.29) is 47.8 Å². The molecule has 1 aliphatic carbocycles. The molecule has 14 heteroatoms. The van der Waals surface area contributed by atoms with Crippen molar-refractivity contribution in [2.24, 2.45) is 17.1 Å². The lowest BCUT2D eigenvalue weighted by Crippen LogP contribution is -2.43. The van der Waals surface area contributed by atoms with E-state index in [1.165, 1.54) is 42.6 Å². The van der Waals surface area contributed by atoms with Crippen LogP contribution in [0.1, 0.15) is 33.1 Å². The van der Waals surface area contributed by atoms with Crippen molar-refractivity contribution in [3.8, 4) is 23.0 Å². The highest BCUT2D eigenvalue weighted by Gasteiger charge is 2.56. The monoisotopic (exact) mass is 694 g/mol. The van der Waals surface area contributed by atoms with Crippen LogP contribution in [0.5, 0.6) is 23.0 Å². The first-order valence-electron chi connectivity index (χ1n) is 16.2. The number of aliphatic hydroxyl groups excluding tert-OH is 3. The Morgan fingerprint density at radius 1 is 0.920 bits per heavy atom. The molecule has 4 aromatic rings. The number of hydrogen-bond acceptors (Lipinski definition) is 10. The maximum atomic E-state index is 15.4. The molecule has 2 amide bonds. The molecule has 1 heterocycles. The van der Waals surface area contributed by atoms with Crippen molar-refractivity contribution in [1.29, 1.82) is 0 Å². The van der Waals surface area contributed by atoms with Crippen LogP contribution in [0.15, 0.2) is 66.9 Å². The second-order valence-corrected chi connectivity index (χ2v) is 12.3. The summed E-state index contributed by atoms with van der Waals surface area (Å²) in [5, 5.41) is 35.8. The van der Waals surface area contributed by atoms with Gasteiger partial charge in [0.25, 0.3) is 0 Å². The Balaban J connectivity index is 1.34. The predicted octanol–water partition coefficient (Wildman–Crippen LogP) is 4.51. The molecule has 3 unspecified atom stereocenters. The quantitative estimate of drug-likeness (QED) is 0.0912. The highest BCUT2D eigenvalue weighted by molar-refractivity contribution is 6.16. The first kappa shape index (κ1) is 36.4. The number of aromatic nitrogens is 1. The molecule has 266 valence electrons. The summed E-state index contributed by atoms with van der Waals surface area (Å²) < 4.78 is 46.6. The Morgan fingerprint density at radius 3 is 2.18 bits per heavy atom. The van der Waals surface area contributed by atoms with E-state index in [1.54, 1.807) is 32.0 Å². The number of nitrogens with one attached hydrogen (secondary N) is 2. The molecule has 3 aromatic carbocycles. The van der Waals surface area contributed by atoms with Crippen molar-refractivity contribution in [2.75, 3.05) is 30.5 Å². The van der Waals surface area contributed by atoms with E-state index in [0.29, 0.717) is 29.4 Å². The molecule has 3 atom stereocenters. The molecular formula is C36H40F2N4O8. The smallest absolute Gasteiger partial charge is 0.240 e. The van der Waals surface area contributed by atoms with Crippen molar-refractivity contribution < 1.29 is 47.9 Å². The van der Waals surface area contributed by atoms with Crippen molar-refractivity contribution in [1.82, 2.24) is 4.98 Å². The average molecular weight is 695 g/mol. The number of benzene rings is 3. The fraction of sp³-hybridized carbons (Fsp3) is 0.361. The fourth-order valence-electron chi connectivity index (χ4n) is 5.44. The van der Waals surface area contributed by atoms with Crippen molar-refractivity contribution in [3.05, 3.63) is 78.5 Å². The standard InChI is InChI=1S/C36H40F2N4O8/c1-3-48-30-16-25-27(17-31(30)50-32(14-20(2)39)33(45)21(18-43)19-44)40-13-10-28(25)49-29-9-8-24(15-26(29)38)42-35(47)36(11-12-36)34(46)41-23-6-4-22(37)5-7-23/h4-10,13,15-17,20-21,32-33,43-45H,3,11-12,14,18-19,39H2,1-2H3,(H,41,46)(H,42,47). The third-order valence-corrected chi connectivity index (χ3v) is 8.41. The average Bonchev–Trinajstić information content (AvgIpc) is 3.90. The number of rotatable bonds is 16. The normalized spacial score (nSPS) is 15.2. The first-order valence-corrected chi connectivity index (χ1v) is 16.2. The summed E-state index contributed by atoms with van der Waals surface area (Å²) in [6, 6.07) is 13.4. The van der Waals surface area contributed by atoms with Crippen LogP contribution in [0.4, 0.5) is 20.2 Å². The first-order chi connectivity index (χ1) is 24.0. The highest BCUT2D eigenvalue weighted by atomic mass is 19.1. The minimum Gasteiger partial charge on any atom is -0.490 e. The second-order valence-electron chi connectivity index (χ2n) is 12.3. The topological polar surface area (TPSA) is 185 Å². The van der Waals surface area contributed by atoms with Crippen molar-refractivity contribution in [2.45, 2.75) is 51.4 Å². The summed E-state index contributed by atoms with van der Waals surface area (Å²) in [6.07, 6.45) is 0.135. The van der Waals surface area contributed by atoms with E-state index in [4.69, 9.17) is 19.9 Å². The van der Waals surface area contributed by atoms with Gasteiger partial charge in [0, 0.05) is 53.5 Å². The molecule has 1 aromatic heterocycles. The number of amides is 2. The summed E-state index contributed by atoms with van der Waals surface area (Å²) in [6.45, 7) is 2.84. The van der Waals surface area contributed by atoms with Gasteiger partial charge in [-0.2, -0.15) is 0 Å². The number of hydrogen-bond donors (Lipinski definition) is 6. The Bertz CT molecular complexity index is 1820. The highest BCUT2D eigenvalue weighted by Crippen LogP contribution is 2.48. The van der Waals surface area contributed by atoms with Crippen LogP contribution in [0, 0.1) is 23.0 Å². The number of nitrogens with two attached hydrogens (primary N) is 1. The lowest BCUT2D eigenvalue weighted by Gasteiger charge is -2.30. The van der Waals surface area contributed by atoms with Crippen LogP contribution in [-0.2, 0) is 9.59 Å². The molecule has 5 rings (SSSR count). The summed E-state index contributed by atoms with van der Waals surface area (Å²) in [5.74, 6) is -2.63. The fourth-order valence-corrected chi connectivity index (χ4v) is 5.44. The van der Waals surface area contributed by atoms with Crippen LogP contribution in [0.3, 0.4) is 0 Å². The predicted molar refractivity (Wildman–Crippen MR) is 181 cm³/mol. The Hall–Kier alpha value is -4.89. The van der Waals surface area contributed by atoms with Crippen LogP contribution < -0.4 is 30.6 Å². The van der Waals surface area contributed by atoms with Gasteiger partial charge >= 0.3 is 0 Å². The zero-order valence-corrected chi connectivity index (χ0v) is 27.6. The minimum absolute atomic E-state index is 0.119. The molecule has 7 N–H and O–H groups in total. The molecule has 1 aliphatic rings. The van der Waals surface area contributed by atoms with Crippen molar-refractivity contribution >= 4 is 34.1 Å². The van der Waals surface area contributed by atoms with Gasteiger partial charge < -0.3 is 45.9 Å². The molecule has 0 spiro atoms. The number of aliphatic hydroxyl groups is 3. The number of carbonyl (C=O) groups is 2. The Kier molecular flexibility index (Phi) is 11.5. The van der Waals surface area contributed by atoms with Gasteiger partial charge in [-0.1, -0.05) is 0 Å². The lowest BCUT2D eigenvalue weighted by molar-refractivity contribution is -0.131. The van der Waals surface area contributed by atoms with Gasteiger partial charge in [-0.25, -0.2) is 8.78 Å². The Labute approximate surface area is 287 Å². The number of halogens is 2. The third-order valence-electron chi connectivity index (χ3n) is 8.41. The lowest BCUT2D eigenvalue weighted by atomic mass is 9.95. The second kappa shape index (κ2) is 15.8. The molecule has 1 fully saturated rings. The maximum Gasteiger partial charge on any atom is 0.240 e. The van der Waals surface area contributed by atoms with Crippen molar-refractivity contribution in [3.63, 3.8) is 0 Å². The summed E-state index contributed by atoms with van der Waals surface area (Å²) >= 11 is 0. The number of nitrogens with zero attached hydrogens (tertiary/aromatic N) is 1. The van der Waals surface area contributed by atoms with Gasteiger partial charge in [0.1, 0.15) is 23.1 Å². The molecule has 1 saturated carbocycles.